The number of amides is 2. The highest BCUT2D eigenvalue weighted by Gasteiger charge is 2.24. The second-order valence-corrected chi connectivity index (χ2v) is 9.61. The molecule has 2 heterocycles. The summed E-state index contributed by atoms with van der Waals surface area (Å²) >= 11 is 0. The normalized spacial score (nSPS) is 12.7. The molecule has 2 amide bonds. The molecule has 0 fully saturated rings. The molecular weight excluding hydrogens is 534 g/mol. The van der Waals surface area contributed by atoms with Crippen molar-refractivity contribution in [1.82, 2.24) is 30.8 Å². The summed E-state index contributed by atoms with van der Waals surface area (Å²) in [6.07, 6.45) is 3.95. The van der Waals surface area contributed by atoms with E-state index in [9.17, 15) is 28.7 Å². The molecule has 2 aromatic heterocycles. The van der Waals surface area contributed by atoms with Crippen molar-refractivity contribution in [3.63, 3.8) is 0 Å². The Morgan fingerprint density at radius 2 is 1.78 bits per heavy atom. The first kappa shape index (κ1) is 27.5. The fourth-order valence-electron chi connectivity index (χ4n) is 4.68. The Hall–Kier alpha value is -5.10. The SMILES string of the molecule is O=C(C[C@@H](Cc1c[nH]c2ccccc12)n1cc(C(Cc2ccc(O)cc2)NC(=O)c2ccc(F)c(F)c2)nn1)NO. The summed E-state index contributed by atoms with van der Waals surface area (Å²) in [5.41, 5.74) is 4.54. The summed E-state index contributed by atoms with van der Waals surface area (Å²) in [6.45, 7) is 0. The van der Waals surface area contributed by atoms with Gasteiger partial charge in [-0.3, -0.25) is 14.8 Å². The van der Waals surface area contributed by atoms with Crippen molar-refractivity contribution in [1.29, 1.82) is 0 Å². The van der Waals surface area contributed by atoms with Crippen LogP contribution in [0.3, 0.4) is 0 Å². The molecule has 0 aliphatic carbocycles. The third-order valence-corrected chi connectivity index (χ3v) is 6.80. The number of hydroxylamine groups is 1. The van der Waals surface area contributed by atoms with Crippen LogP contribution >= 0.6 is 0 Å². The zero-order valence-electron chi connectivity index (χ0n) is 21.6. The van der Waals surface area contributed by atoms with Crippen LogP contribution in [0, 0.1) is 11.6 Å². The number of aromatic hydroxyl groups is 1. The summed E-state index contributed by atoms with van der Waals surface area (Å²) in [6, 6.07) is 15.6. The molecule has 2 atom stereocenters. The quantitative estimate of drug-likeness (QED) is 0.128. The van der Waals surface area contributed by atoms with Gasteiger partial charge in [0.1, 0.15) is 11.4 Å². The molecule has 10 nitrogen and oxygen atoms in total. The number of halogens is 2. The Morgan fingerprint density at radius 3 is 2.54 bits per heavy atom. The maximum atomic E-state index is 13.8. The Bertz CT molecular complexity index is 1680. The topological polar surface area (TPSA) is 145 Å². The number of hydrogen-bond acceptors (Lipinski definition) is 6. The third-order valence-electron chi connectivity index (χ3n) is 6.80. The van der Waals surface area contributed by atoms with Gasteiger partial charge in [-0.05, 0) is 60.4 Å². The summed E-state index contributed by atoms with van der Waals surface area (Å²) in [7, 11) is 0. The minimum Gasteiger partial charge on any atom is -0.508 e. The molecule has 3 aromatic carbocycles. The average molecular weight is 561 g/mol. The van der Waals surface area contributed by atoms with Crippen LogP contribution in [0.4, 0.5) is 8.78 Å². The number of phenols is 1. The molecule has 0 saturated carbocycles. The van der Waals surface area contributed by atoms with E-state index in [1.165, 1.54) is 22.9 Å². The number of aromatic amines is 1. The van der Waals surface area contributed by atoms with E-state index in [-0.39, 0.29) is 24.2 Å². The maximum absolute atomic E-state index is 13.8. The van der Waals surface area contributed by atoms with Gasteiger partial charge in [0.15, 0.2) is 11.6 Å². The first-order chi connectivity index (χ1) is 19.8. The minimum absolute atomic E-state index is 0.0735. The number of nitrogens with one attached hydrogen (secondary N) is 3. The van der Waals surface area contributed by atoms with E-state index in [4.69, 9.17) is 0 Å². The van der Waals surface area contributed by atoms with Crippen molar-refractivity contribution in [3.8, 4) is 5.75 Å². The molecule has 1 unspecified atom stereocenters. The van der Waals surface area contributed by atoms with Gasteiger partial charge in [-0.25, -0.2) is 18.9 Å². The Morgan fingerprint density at radius 1 is 1.00 bits per heavy atom. The molecule has 41 heavy (non-hydrogen) atoms. The number of H-pyrrole nitrogens is 1. The van der Waals surface area contributed by atoms with Crippen LogP contribution in [0.1, 0.15) is 45.7 Å². The van der Waals surface area contributed by atoms with Crippen LogP contribution in [0.5, 0.6) is 5.75 Å². The minimum atomic E-state index is -1.15. The highest BCUT2D eigenvalue weighted by atomic mass is 19.2. The second-order valence-electron chi connectivity index (χ2n) is 9.61. The Labute approximate surface area is 232 Å². The highest BCUT2D eigenvalue weighted by molar-refractivity contribution is 5.94. The Kier molecular flexibility index (Phi) is 8.01. The summed E-state index contributed by atoms with van der Waals surface area (Å²) in [5, 5.41) is 31.1. The van der Waals surface area contributed by atoms with Gasteiger partial charge in [0.2, 0.25) is 5.91 Å². The van der Waals surface area contributed by atoms with Gasteiger partial charge in [-0.1, -0.05) is 35.5 Å². The lowest BCUT2D eigenvalue weighted by Crippen LogP contribution is -2.30. The molecule has 5 rings (SSSR count). The third kappa shape index (κ3) is 6.39. The lowest BCUT2D eigenvalue weighted by atomic mass is 10.0. The first-order valence-corrected chi connectivity index (χ1v) is 12.7. The molecular formula is C29H26F2N6O4. The van der Waals surface area contributed by atoms with Crippen molar-refractivity contribution in [2.24, 2.45) is 0 Å². The van der Waals surface area contributed by atoms with Crippen LogP contribution in [-0.4, -0.2) is 42.1 Å². The van der Waals surface area contributed by atoms with E-state index in [1.807, 2.05) is 30.5 Å². The van der Waals surface area contributed by atoms with E-state index < -0.39 is 35.5 Å². The van der Waals surface area contributed by atoms with Crippen molar-refractivity contribution in [3.05, 3.63) is 113 Å². The number of aromatic nitrogens is 4. The largest absolute Gasteiger partial charge is 0.508 e. The predicted molar refractivity (Wildman–Crippen MR) is 144 cm³/mol. The van der Waals surface area contributed by atoms with Crippen LogP contribution in [0.15, 0.2) is 79.1 Å². The van der Waals surface area contributed by atoms with Gasteiger partial charge in [-0.15, -0.1) is 5.10 Å². The van der Waals surface area contributed by atoms with Crippen molar-refractivity contribution in [2.75, 3.05) is 0 Å². The number of nitrogens with zero attached hydrogens (tertiary/aromatic N) is 3. The number of carbonyl (C=O) groups is 2. The molecule has 12 heteroatoms. The predicted octanol–water partition coefficient (Wildman–Crippen LogP) is 4.14. The van der Waals surface area contributed by atoms with Gasteiger partial charge in [0, 0.05) is 22.7 Å². The number of hydrogen-bond donors (Lipinski definition) is 5. The molecule has 5 aromatic rings. The molecule has 0 bridgehead atoms. The van der Waals surface area contributed by atoms with E-state index in [0.717, 1.165) is 34.2 Å². The zero-order valence-corrected chi connectivity index (χ0v) is 21.6. The molecule has 0 aliphatic rings. The van der Waals surface area contributed by atoms with E-state index >= 15 is 0 Å². The van der Waals surface area contributed by atoms with E-state index in [1.54, 1.807) is 23.8 Å². The summed E-state index contributed by atoms with van der Waals surface area (Å²) in [4.78, 5) is 28.4. The summed E-state index contributed by atoms with van der Waals surface area (Å²) < 4.78 is 28.7. The number of rotatable bonds is 10. The van der Waals surface area contributed by atoms with E-state index in [0.29, 0.717) is 12.1 Å². The summed E-state index contributed by atoms with van der Waals surface area (Å²) in [5.74, 6) is -3.42. The van der Waals surface area contributed by atoms with Crippen molar-refractivity contribution in [2.45, 2.75) is 31.3 Å². The molecule has 0 radical (unpaired) electrons. The number of fused-ring (bicyclic) bond motifs is 1. The molecule has 0 saturated heterocycles. The second kappa shape index (κ2) is 12.0. The Balaban J connectivity index is 1.45. The van der Waals surface area contributed by atoms with Gasteiger partial charge >= 0.3 is 0 Å². The van der Waals surface area contributed by atoms with Gasteiger partial charge in [-0.2, -0.15) is 0 Å². The highest BCUT2D eigenvalue weighted by Crippen LogP contribution is 2.26. The first-order valence-electron chi connectivity index (χ1n) is 12.7. The molecule has 210 valence electrons. The van der Waals surface area contributed by atoms with Crippen LogP contribution in [-0.2, 0) is 17.6 Å². The standard InChI is InChI=1S/C29H26F2N6O4/c30-23-10-7-18(13-24(23)31)29(40)33-26(11-17-5-8-21(38)9-6-17)27-16-37(36-34-27)20(14-28(39)35-41)12-19-15-32-25-4-2-1-3-22(19)25/h1-10,13,15-16,20,26,32,38,41H,11-12,14H2,(H,33,40)(H,35,39)/t20-,26?/m1/s1. The van der Waals surface area contributed by atoms with Gasteiger partial charge in [0.05, 0.1) is 24.7 Å². The van der Waals surface area contributed by atoms with E-state index in [2.05, 4.69) is 20.6 Å². The average Bonchev–Trinajstić information content (AvgIpc) is 3.63. The maximum Gasteiger partial charge on any atom is 0.251 e. The fraction of sp³-hybridized carbons (Fsp3) is 0.172. The fourth-order valence-corrected chi connectivity index (χ4v) is 4.68. The van der Waals surface area contributed by atoms with Gasteiger partial charge < -0.3 is 15.4 Å². The number of phenolic OH excluding ortho intramolecular Hbond substituents is 1. The number of para-hydroxylation sites is 1. The van der Waals surface area contributed by atoms with Crippen LogP contribution in [0.2, 0.25) is 0 Å². The zero-order chi connectivity index (χ0) is 28.9. The lowest BCUT2D eigenvalue weighted by Gasteiger charge is -2.18. The smallest absolute Gasteiger partial charge is 0.251 e. The number of benzene rings is 3. The van der Waals surface area contributed by atoms with Crippen molar-refractivity contribution < 1.29 is 28.7 Å². The molecule has 0 spiro atoms. The van der Waals surface area contributed by atoms with Gasteiger partial charge in [0.25, 0.3) is 5.91 Å². The molecule has 0 aliphatic heterocycles. The van der Waals surface area contributed by atoms with Crippen molar-refractivity contribution >= 4 is 22.7 Å². The van der Waals surface area contributed by atoms with Crippen LogP contribution in [0.25, 0.3) is 10.9 Å². The monoisotopic (exact) mass is 560 g/mol. The lowest BCUT2D eigenvalue weighted by molar-refractivity contribution is -0.130. The molecule has 5 N–H and O–H groups in total. The van der Waals surface area contributed by atoms with Crippen LogP contribution < -0.4 is 10.8 Å². The number of carbonyl (C=O) groups excluding carboxylic acids is 2.